The predicted molar refractivity (Wildman–Crippen MR) is 124 cm³/mol. The summed E-state index contributed by atoms with van der Waals surface area (Å²) in [4.78, 5) is 7.69. The zero-order chi connectivity index (χ0) is 21.1. The summed E-state index contributed by atoms with van der Waals surface area (Å²) >= 11 is 1.47. The molecule has 8 heteroatoms. The highest BCUT2D eigenvalue weighted by molar-refractivity contribution is 8.18. The molecule has 0 bridgehead atoms. The molecule has 1 unspecified atom stereocenters. The summed E-state index contributed by atoms with van der Waals surface area (Å²) in [6.07, 6.45) is 5.36. The number of piperidine rings is 1. The van der Waals surface area contributed by atoms with E-state index in [2.05, 4.69) is 20.5 Å². The number of nitrogens with one attached hydrogen (secondary N) is 3. The van der Waals surface area contributed by atoms with Crippen molar-refractivity contribution in [3.05, 3.63) is 34.4 Å². The first-order chi connectivity index (χ1) is 14.5. The van der Waals surface area contributed by atoms with Crippen molar-refractivity contribution in [2.24, 2.45) is 10.9 Å². The quantitative estimate of drug-likeness (QED) is 0.536. The van der Waals surface area contributed by atoms with Gasteiger partial charge in [0.1, 0.15) is 5.75 Å². The fraction of sp³-hybridized carbons (Fsp3) is 0.545. The smallest absolute Gasteiger partial charge is 0.168 e. The van der Waals surface area contributed by atoms with E-state index in [9.17, 15) is 5.11 Å². The molecule has 2 saturated heterocycles. The Hall–Kier alpha value is -2.03. The molecule has 0 radical (unpaired) electrons. The molecule has 2 atom stereocenters. The SMILES string of the molecule is Cc1cc(C)c(N/C=C2/SC(NC[C@@H]3CCCN(C4CCOC4)C3)=NC2=N)c(O)c1. The lowest BCUT2D eigenvalue weighted by molar-refractivity contribution is 0.104. The first kappa shape index (κ1) is 21.2. The molecule has 1 aromatic carbocycles. The lowest BCUT2D eigenvalue weighted by atomic mass is 9.96. The Labute approximate surface area is 182 Å². The Morgan fingerprint density at radius 3 is 3.00 bits per heavy atom. The molecule has 0 aromatic heterocycles. The zero-order valence-corrected chi connectivity index (χ0v) is 18.5. The van der Waals surface area contributed by atoms with Crippen LogP contribution in [0.5, 0.6) is 5.75 Å². The monoisotopic (exact) mass is 429 g/mol. The Morgan fingerprint density at radius 1 is 1.37 bits per heavy atom. The van der Waals surface area contributed by atoms with E-state index in [1.807, 2.05) is 19.9 Å². The van der Waals surface area contributed by atoms with Crippen molar-refractivity contribution in [3.63, 3.8) is 0 Å². The van der Waals surface area contributed by atoms with Crippen molar-refractivity contribution in [3.8, 4) is 5.75 Å². The molecule has 3 aliphatic heterocycles. The minimum atomic E-state index is 0.215. The molecule has 0 aliphatic carbocycles. The molecule has 4 rings (SSSR count). The van der Waals surface area contributed by atoms with Crippen LogP contribution in [-0.4, -0.2) is 59.9 Å². The number of nitrogens with zero attached hydrogens (tertiary/aromatic N) is 2. The number of aliphatic imine (C=N–C) groups is 1. The van der Waals surface area contributed by atoms with Gasteiger partial charge in [0.15, 0.2) is 11.0 Å². The standard InChI is InChI=1S/C22H31N5O2S/c1-14-8-15(2)20(18(28)9-14)24-11-19-21(23)26-22(30-19)25-10-16-4-3-6-27(12-16)17-5-7-29-13-17/h8-9,11,16-17,24,28H,3-7,10,12-13H2,1-2H3,(H2,23,25,26)/b19-11+/t16-,17?/m0/s1. The average molecular weight is 430 g/mol. The number of benzene rings is 1. The Bertz CT molecular complexity index is 840. The molecule has 162 valence electrons. The summed E-state index contributed by atoms with van der Waals surface area (Å²) in [7, 11) is 0. The Balaban J connectivity index is 1.29. The van der Waals surface area contributed by atoms with Gasteiger partial charge >= 0.3 is 0 Å². The number of hydrogen-bond donors (Lipinski definition) is 4. The van der Waals surface area contributed by atoms with E-state index >= 15 is 0 Å². The van der Waals surface area contributed by atoms with Gasteiger partial charge in [0.05, 0.1) is 17.2 Å². The van der Waals surface area contributed by atoms with E-state index in [0.717, 1.165) is 53.9 Å². The summed E-state index contributed by atoms with van der Waals surface area (Å²) in [5.41, 5.74) is 2.65. The molecule has 7 nitrogen and oxygen atoms in total. The van der Waals surface area contributed by atoms with Crippen LogP contribution in [0, 0.1) is 25.2 Å². The average Bonchev–Trinajstić information content (AvgIpc) is 3.36. The molecule has 30 heavy (non-hydrogen) atoms. The second-order valence-corrected chi connectivity index (χ2v) is 9.43. The van der Waals surface area contributed by atoms with Gasteiger partial charge in [0.2, 0.25) is 0 Å². The second-order valence-electron chi connectivity index (χ2n) is 8.40. The van der Waals surface area contributed by atoms with Gasteiger partial charge in [-0.1, -0.05) is 6.07 Å². The number of anilines is 1. The first-order valence-corrected chi connectivity index (χ1v) is 11.5. The van der Waals surface area contributed by atoms with Gasteiger partial charge < -0.3 is 20.5 Å². The predicted octanol–water partition coefficient (Wildman–Crippen LogP) is 3.43. The van der Waals surface area contributed by atoms with Crippen LogP contribution in [0.2, 0.25) is 0 Å². The van der Waals surface area contributed by atoms with E-state index in [1.54, 1.807) is 12.3 Å². The zero-order valence-electron chi connectivity index (χ0n) is 17.7. The molecular weight excluding hydrogens is 398 g/mol. The molecule has 0 saturated carbocycles. The normalized spacial score (nSPS) is 26.3. The number of aromatic hydroxyl groups is 1. The van der Waals surface area contributed by atoms with Crippen molar-refractivity contribution in [2.75, 3.05) is 38.2 Å². The number of phenols is 1. The highest BCUT2D eigenvalue weighted by atomic mass is 32.2. The highest BCUT2D eigenvalue weighted by Gasteiger charge is 2.29. The van der Waals surface area contributed by atoms with Crippen molar-refractivity contribution in [1.29, 1.82) is 5.41 Å². The molecular formula is C22H31N5O2S. The lowest BCUT2D eigenvalue weighted by Crippen LogP contribution is -2.45. The number of amidine groups is 2. The van der Waals surface area contributed by atoms with E-state index in [-0.39, 0.29) is 11.6 Å². The van der Waals surface area contributed by atoms with E-state index in [4.69, 9.17) is 10.1 Å². The summed E-state index contributed by atoms with van der Waals surface area (Å²) in [5, 5.41) is 25.7. The number of thioether (sulfide) groups is 1. The van der Waals surface area contributed by atoms with Crippen LogP contribution in [-0.2, 0) is 4.74 Å². The third kappa shape index (κ3) is 4.99. The largest absolute Gasteiger partial charge is 0.506 e. The summed E-state index contributed by atoms with van der Waals surface area (Å²) in [6.45, 7) is 8.83. The number of hydrogen-bond acceptors (Lipinski definition) is 7. The molecule has 4 N–H and O–H groups in total. The van der Waals surface area contributed by atoms with Crippen molar-refractivity contribution in [2.45, 2.75) is 39.2 Å². The second kappa shape index (κ2) is 9.41. The maximum Gasteiger partial charge on any atom is 0.168 e. The molecule has 3 aliphatic rings. The van der Waals surface area contributed by atoms with Gasteiger partial charge in [-0.15, -0.1) is 0 Å². The third-order valence-corrected chi connectivity index (χ3v) is 6.93. The number of ether oxygens (including phenoxy) is 1. The number of likely N-dealkylation sites (tertiary alicyclic amines) is 1. The number of rotatable bonds is 5. The summed E-state index contributed by atoms with van der Waals surface area (Å²) < 4.78 is 5.55. The lowest BCUT2D eigenvalue weighted by Gasteiger charge is -2.36. The van der Waals surface area contributed by atoms with Crippen molar-refractivity contribution >= 4 is 28.5 Å². The fourth-order valence-corrected chi connectivity index (χ4v) is 5.17. The van der Waals surface area contributed by atoms with Crippen LogP contribution in [0.1, 0.15) is 30.4 Å². The molecule has 0 spiro atoms. The highest BCUT2D eigenvalue weighted by Crippen LogP contribution is 2.31. The van der Waals surface area contributed by atoms with Gasteiger partial charge in [-0.3, -0.25) is 10.3 Å². The molecule has 3 heterocycles. The van der Waals surface area contributed by atoms with Crippen LogP contribution in [0.4, 0.5) is 5.69 Å². The molecule has 1 aromatic rings. The van der Waals surface area contributed by atoms with E-state index in [0.29, 0.717) is 17.6 Å². The fourth-order valence-electron chi connectivity index (χ4n) is 4.41. The van der Waals surface area contributed by atoms with Gasteiger partial charge in [-0.25, -0.2) is 4.99 Å². The molecule has 2 fully saturated rings. The van der Waals surface area contributed by atoms with Gasteiger partial charge in [0.25, 0.3) is 0 Å². The minimum absolute atomic E-state index is 0.215. The van der Waals surface area contributed by atoms with Crippen LogP contribution in [0.15, 0.2) is 28.2 Å². The van der Waals surface area contributed by atoms with E-state index in [1.165, 1.54) is 31.1 Å². The van der Waals surface area contributed by atoms with Crippen LogP contribution in [0.25, 0.3) is 0 Å². The maximum atomic E-state index is 10.2. The number of aryl methyl sites for hydroxylation is 2. The van der Waals surface area contributed by atoms with Gasteiger partial charge in [-0.2, -0.15) is 0 Å². The third-order valence-electron chi connectivity index (χ3n) is 5.97. The van der Waals surface area contributed by atoms with Crippen molar-refractivity contribution < 1.29 is 9.84 Å². The Kier molecular flexibility index (Phi) is 6.65. The number of phenolic OH excluding ortho intramolecular Hbond substituents is 1. The van der Waals surface area contributed by atoms with Crippen LogP contribution < -0.4 is 10.6 Å². The van der Waals surface area contributed by atoms with E-state index < -0.39 is 0 Å². The van der Waals surface area contributed by atoms with Gasteiger partial charge in [0, 0.05) is 31.9 Å². The van der Waals surface area contributed by atoms with Crippen LogP contribution >= 0.6 is 11.8 Å². The Morgan fingerprint density at radius 2 is 2.23 bits per heavy atom. The van der Waals surface area contributed by atoms with Gasteiger partial charge in [-0.05, 0) is 74.5 Å². The first-order valence-electron chi connectivity index (χ1n) is 10.7. The summed E-state index contributed by atoms with van der Waals surface area (Å²) in [6, 6.07) is 4.33. The summed E-state index contributed by atoms with van der Waals surface area (Å²) in [5.74, 6) is 1.05. The topological polar surface area (TPSA) is 93.0 Å². The minimum Gasteiger partial charge on any atom is -0.506 e. The maximum absolute atomic E-state index is 10.2. The van der Waals surface area contributed by atoms with Crippen molar-refractivity contribution in [1.82, 2.24) is 10.2 Å². The van der Waals surface area contributed by atoms with Crippen LogP contribution in [0.3, 0.4) is 0 Å². The molecule has 0 amide bonds.